The molecule has 0 amide bonds. The molecule has 0 aliphatic rings. The molecule has 0 spiro atoms. The quantitative estimate of drug-likeness (QED) is 0.482. The summed E-state index contributed by atoms with van der Waals surface area (Å²) in [6.07, 6.45) is 2.04. The van der Waals surface area contributed by atoms with Crippen LogP contribution in [-0.2, 0) is 6.42 Å². The van der Waals surface area contributed by atoms with Gasteiger partial charge in [-0.15, -0.1) is 16.8 Å². The molecule has 0 saturated carbocycles. The second-order valence-electron chi connectivity index (χ2n) is 5.32. The SMILES string of the molecule is C=CCSc1nnc(Cc2cc(=O)[nH]c(=O)[nH]2)n1-c1ccc(OC)cc1. The van der Waals surface area contributed by atoms with Crippen molar-refractivity contribution in [3.8, 4) is 11.4 Å². The van der Waals surface area contributed by atoms with Crippen molar-refractivity contribution < 1.29 is 4.74 Å². The first-order valence-corrected chi connectivity index (χ1v) is 8.74. The van der Waals surface area contributed by atoms with Crippen LogP contribution in [0, 0.1) is 0 Å². The monoisotopic (exact) mass is 371 g/mol. The van der Waals surface area contributed by atoms with Gasteiger partial charge in [-0.1, -0.05) is 17.8 Å². The van der Waals surface area contributed by atoms with Crippen LogP contribution in [0.2, 0.25) is 0 Å². The lowest BCUT2D eigenvalue weighted by Gasteiger charge is -2.10. The van der Waals surface area contributed by atoms with Crippen LogP contribution >= 0.6 is 11.8 Å². The molecule has 0 radical (unpaired) electrons. The second kappa shape index (κ2) is 7.87. The average Bonchev–Trinajstić information content (AvgIpc) is 3.01. The van der Waals surface area contributed by atoms with Crippen molar-refractivity contribution in [1.82, 2.24) is 24.7 Å². The molecule has 0 bridgehead atoms. The van der Waals surface area contributed by atoms with Crippen LogP contribution in [0.25, 0.3) is 5.69 Å². The molecule has 0 aliphatic heterocycles. The van der Waals surface area contributed by atoms with Gasteiger partial charge in [0, 0.05) is 29.6 Å². The largest absolute Gasteiger partial charge is 0.497 e. The summed E-state index contributed by atoms with van der Waals surface area (Å²) in [4.78, 5) is 27.8. The number of nitrogens with zero attached hydrogens (tertiary/aromatic N) is 3. The van der Waals surface area contributed by atoms with E-state index < -0.39 is 11.2 Å². The zero-order chi connectivity index (χ0) is 18.5. The predicted octanol–water partition coefficient (Wildman–Crippen LogP) is 1.52. The summed E-state index contributed by atoms with van der Waals surface area (Å²) in [5.74, 6) is 2.02. The van der Waals surface area contributed by atoms with Gasteiger partial charge in [0.05, 0.1) is 7.11 Å². The molecule has 0 atom stereocenters. The number of hydrogen-bond donors (Lipinski definition) is 2. The molecule has 3 rings (SSSR count). The standard InChI is InChI=1S/C17H17N5O3S/c1-3-8-26-17-21-20-14(9-11-10-15(23)19-16(24)18-11)22(17)12-4-6-13(25-2)7-5-12/h3-7,10H,1,8-9H2,2H3,(H2,18,19,23,24). The summed E-state index contributed by atoms with van der Waals surface area (Å²) >= 11 is 1.49. The highest BCUT2D eigenvalue weighted by Crippen LogP contribution is 2.24. The molecule has 1 aromatic carbocycles. The Labute approximate surface area is 153 Å². The van der Waals surface area contributed by atoms with Crippen molar-refractivity contribution in [2.45, 2.75) is 11.6 Å². The number of aromatic nitrogens is 5. The van der Waals surface area contributed by atoms with Crippen LogP contribution in [0.5, 0.6) is 5.75 Å². The summed E-state index contributed by atoms with van der Waals surface area (Å²) in [6, 6.07) is 8.81. The van der Waals surface area contributed by atoms with E-state index in [0.29, 0.717) is 22.4 Å². The molecule has 2 N–H and O–H groups in total. The van der Waals surface area contributed by atoms with E-state index >= 15 is 0 Å². The van der Waals surface area contributed by atoms with E-state index in [1.165, 1.54) is 17.8 Å². The summed E-state index contributed by atoms with van der Waals surface area (Å²) in [7, 11) is 1.61. The van der Waals surface area contributed by atoms with Gasteiger partial charge in [-0.3, -0.25) is 14.3 Å². The van der Waals surface area contributed by atoms with Crippen molar-refractivity contribution in [2.75, 3.05) is 12.9 Å². The highest BCUT2D eigenvalue weighted by molar-refractivity contribution is 7.99. The van der Waals surface area contributed by atoms with Crippen molar-refractivity contribution in [1.29, 1.82) is 0 Å². The fourth-order valence-electron chi connectivity index (χ4n) is 2.42. The minimum Gasteiger partial charge on any atom is -0.497 e. The van der Waals surface area contributed by atoms with E-state index in [4.69, 9.17) is 4.74 Å². The van der Waals surface area contributed by atoms with E-state index in [-0.39, 0.29) is 6.42 Å². The van der Waals surface area contributed by atoms with Gasteiger partial charge in [-0.25, -0.2) is 4.79 Å². The van der Waals surface area contributed by atoms with Gasteiger partial charge in [0.25, 0.3) is 5.56 Å². The number of thioether (sulfide) groups is 1. The normalized spacial score (nSPS) is 10.7. The zero-order valence-corrected chi connectivity index (χ0v) is 14.9. The number of aromatic amines is 2. The van der Waals surface area contributed by atoms with Gasteiger partial charge in [0.1, 0.15) is 11.6 Å². The van der Waals surface area contributed by atoms with Crippen LogP contribution in [0.1, 0.15) is 11.5 Å². The van der Waals surface area contributed by atoms with Crippen molar-refractivity contribution >= 4 is 11.8 Å². The van der Waals surface area contributed by atoms with Crippen molar-refractivity contribution in [2.24, 2.45) is 0 Å². The van der Waals surface area contributed by atoms with Gasteiger partial charge < -0.3 is 9.72 Å². The smallest absolute Gasteiger partial charge is 0.325 e. The number of nitrogens with one attached hydrogen (secondary N) is 2. The molecule has 2 aromatic heterocycles. The van der Waals surface area contributed by atoms with Gasteiger partial charge in [-0.05, 0) is 24.3 Å². The van der Waals surface area contributed by atoms with Crippen LogP contribution in [-0.4, -0.2) is 37.6 Å². The molecule has 8 nitrogen and oxygen atoms in total. The number of hydrogen-bond acceptors (Lipinski definition) is 6. The molecule has 9 heteroatoms. The van der Waals surface area contributed by atoms with Crippen LogP contribution in [0.3, 0.4) is 0 Å². The van der Waals surface area contributed by atoms with Gasteiger partial charge in [-0.2, -0.15) is 0 Å². The zero-order valence-electron chi connectivity index (χ0n) is 14.1. The number of methoxy groups -OCH3 is 1. The Morgan fingerprint density at radius 2 is 2.00 bits per heavy atom. The number of ether oxygens (including phenoxy) is 1. The molecule has 0 unspecified atom stereocenters. The average molecular weight is 371 g/mol. The number of rotatable bonds is 7. The first kappa shape index (κ1) is 17.7. The fourth-order valence-corrected chi connectivity index (χ4v) is 3.12. The summed E-state index contributed by atoms with van der Waals surface area (Å²) in [6.45, 7) is 3.72. The third-order valence-corrected chi connectivity index (χ3v) is 4.45. The van der Waals surface area contributed by atoms with Crippen molar-refractivity contribution in [3.63, 3.8) is 0 Å². The third-order valence-electron chi connectivity index (χ3n) is 3.53. The Morgan fingerprint density at radius 1 is 1.23 bits per heavy atom. The molecule has 3 aromatic rings. The minimum absolute atomic E-state index is 0.257. The van der Waals surface area contributed by atoms with Gasteiger partial charge in [0.2, 0.25) is 0 Å². The second-order valence-corrected chi connectivity index (χ2v) is 6.31. The van der Waals surface area contributed by atoms with E-state index in [1.54, 1.807) is 13.2 Å². The molecule has 2 heterocycles. The molecule has 0 saturated heterocycles. The van der Waals surface area contributed by atoms with Gasteiger partial charge >= 0.3 is 5.69 Å². The first-order chi connectivity index (χ1) is 12.6. The maximum atomic E-state index is 11.5. The van der Waals surface area contributed by atoms with E-state index in [1.807, 2.05) is 28.8 Å². The maximum absolute atomic E-state index is 11.5. The molecule has 26 heavy (non-hydrogen) atoms. The minimum atomic E-state index is -0.552. The Morgan fingerprint density at radius 3 is 2.65 bits per heavy atom. The summed E-state index contributed by atoms with van der Waals surface area (Å²) in [5, 5.41) is 9.16. The molecular formula is C17H17N5O3S. The summed E-state index contributed by atoms with van der Waals surface area (Å²) in [5.41, 5.74) is 0.301. The summed E-state index contributed by atoms with van der Waals surface area (Å²) < 4.78 is 7.08. The highest BCUT2D eigenvalue weighted by atomic mass is 32.2. The molecule has 134 valence electrons. The fraction of sp³-hybridized carbons (Fsp3) is 0.176. The van der Waals surface area contributed by atoms with Crippen LogP contribution < -0.4 is 16.0 Å². The lowest BCUT2D eigenvalue weighted by Crippen LogP contribution is -2.23. The van der Waals surface area contributed by atoms with E-state index in [9.17, 15) is 9.59 Å². The van der Waals surface area contributed by atoms with Crippen molar-refractivity contribution in [3.05, 3.63) is 75.3 Å². The van der Waals surface area contributed by atoms with E-state index in [2.05, 4.69) is 26.7 Å². The lowest BCUT2D eigenvalue weighted by molar-refractivity contribution is 0.414. The topological polar surface area (TPSA) is 106 Å². The highest BCUT2D eigenvalue weighted by Gasteiger charge is 2.15. The molecular weight excluding hydrogens is 354 g/mol. The first-order valence-electron chi connectivity index (χ1n) is 7.75. The number of H-pyrrole nitrogens is 2. The predicted molar refractivity (Wildman–Crippen MR) is 99.3 cm³/mol. The number of benzene rings is 1. The van der Waals surface area contributed by atoms with Crippen LogP contribution in [0.15, 0.2) is 57.7 Å². The van der Waals surface area contributed by atoms with Gasteiger partial charge in [0.15, 0.2) is 5.16 Å². The lowest BCUT2D eigenvalue weighted by atomic mass is 10.2. The Hall–Kier alpha value is -3.07. The Bertz CT molecular complexity index is 992. The van der Waals surface area contributed by atoms with E-state index in [0.717, 1.165) is 11.4 Å². The van der Waals surface area contributed by atoms with Crippen LogP contribution in [0.4, 0.5) is 0 Å². The third kappa shape index (κ3) is 3.94. The molecule has 0 aliphatic carbocycles. The molecule has 0 fully saturated rings. The Kier molecular flexibility index (Phi) is 5.37. The maximum Gasteiger partial charge on any atom is 0.325 e. The Balaban J connectivity index is 2.03.